The molecular formula is C14H10BrNO5S. The molecule has 0 amide bonds. The van der Waals surface area contributed by atoms with Crippen LogP contribution in [0.4, 0.5) is 0 Å². The Bertz CT molecular complexity index is 769. The lowest BCUT2D eigenvalue weighted by Crippen LogP contribution is -2.33. The van der Waals surface area contributed by atoms with Crippen LogP contribution in [-0.4, -0.2) is 35.9 Å². The number of benzene rings is 1. The summed E-state index contributed by atoms with van der Waals surface area (Å²) < 4.78 is 18.2. The number of rotatable bonds is 1. The van der Waals surface area contributed by atoms with Crippen LogP contribution in [0.3, 0.4) is 0 Å². The summed E-state index contributed by atoms with van der Waals surface area (Å²) in [5.41, 5.74) is 1.27. The third kappa shape index (κ3) is 2.06. The Morgan fingerprint density at radius 3 is 2.86 bits per heavy atom. The molecule has 8 heteroatoms. The van der Waals surface area contributed by atoms with E-state index in [4.69, 9.17) is 14.2 Å². The van der Waals surface area contributed by atoms with Gasteiger partial charge < -0.3 is 19.3 Å². The molecule has 22 heavy (non-hydrogen) atoms. The highest BCUT2D eigenvalue weighted by atomic mass is 79.9. The zero-order chi connectivity index (χ0) is 15.3. The normalized spacial score (nSPS) is 18.4. The van der Waals surface area contributed by atoms with Crippen molar-refractivity contribution in [2.24, 2.45) is 0 Å². The van der Waals surface area contributed by atoms with Gasteiger partial charge in [0.15, 0.2) is 0 Å². The van der Waals surface area contributed by atoms with Gasteiger partial charge in [-0.05, 0) is 18.2 Å². The van der Waals surface area contributed by atoms with E-state index in [2.05, 4.69) is 20.9 Å². The van der Waals surface area contributed by atoms with Gasteiger partial charge in [-0.15, -0.1) is 11.3 Å². The number of carbonyl (C=O) groups is 1. The summed E-state index contributed by atoms with van der Waals surface area (Å²) in [6.45, 7) is 1.03. The van der Waals surface area contributed by atoms with Crippen molar-refractivity contribution >= 4 is 33.2 Å². The van der Waals surface area contributed by atoms with E-state index in [0.717, 1.165) is 21.4 Å². The first-order chi connectivity index (χ1) is 10.6. The Hall–Kier alpha value is -1.48. The van der Waals surface area contributed by atoms with E-state index in [0.29, 0.717) is 29.5 Å². The number of aromatic carboxylic acids is 1. The van der Waals surface area contributed by atoms with Crippen LogP contribution in [0, 0.1) is 0 Å². The fraction of sp³-hybridized carbons (Fsp3) is 0.286. The smallest absolute Gasteiger partial charge is 0.365 e. The molecule has 0 unspecified atom stereocenters. The maximum atomic E-state index is 11.3. The maximum absolute atomic E-state index is 11.3. The highest BCUT2D eigenvalue weighted by molar-refractivity contribution is 9.10. The van der Waals surface area contributed by atoms with E-state index in [1.54, 1.807) is 0 Å². The number of fused-ring (bicyclic) bond motifs is 4. The Kier molecular flexibility index (Phi) is 3.23. The summed E-state index contributed by atoms with van der Waals surface area (Å²) in [7, 11) is 0. The summed E-state index contributed by atoms with van der Waals surface area (Å²) in [6.07, 6.45) is 0. The van der Waals surface area contributed by atoms with Gasteiger partial charge in [0.2, 0.25) is 10.8 Å². The van der Waals surface area contributed by atoms with Gasteiger partial charge in [0.05, 0.1) is 23.8 Å². The van der Waals surface area contributed by atoms with E-state index in [-0.39, 0.29) is 11.6 Å². The van der Waals surface area contributed by atoms with Gasteiger partial charge in [-0.2, -0.15) is 0 Å². The van der Waals surface area contributed by atoms with Crippen LogP contribution < -0.4 is 4.74 Å². The van der Waals surface area contributed by atoms with Gasteiger partial charge in [0.1, 0.15) is 12.4 Å². The molecule has 1 aromatic heterocycles. The largest absolute Gasteiger partial charge is 0.487 e. The van der Waals surface area contributed by atoms with E-state index < -0.39 is 11.8 Å². The van der Waals surface area contributed by atoms with Gasteiger partial charge in [-0.1, -0.05) is 15.9 Å². The lowest BCUT2D eigenvalue weighted by atomic mass is 10.1. The van der Waals surface area contributed by atoms with Crippen molar-refractivity contribution in [3.8, 4) is 17.0 Å². The molecule has 2 aliphatic heterocycles. The molecule has 2 aliphatic rings. The summed E-state index contributed by atoms with van der Waals surface area (Å²) in [5.74, 6) is -1.52. The van der Waals surface area contributed by atoms with Gasteiger partial charge >= 0.3 is 5.97 Å². The molecule has 1 spiro atoms. The van der Waals surface area contributed by atoms with Crippen LogP contribution in [0.25, 0.3) is 11.3 Å². The molecule has 3 heterocycles. The molecule has 4 rings (SSSR count). The third-order valence-electron chi connectivity index (χ3n) is 3.52. The number of hydrogen-bond acceptors (Lipinski definition) is 6. The van der Waals surface area contributed by atoms with Crippen molar-refractivity contribution in [3.05, 3.63) is 32.6 Å². The zero-order valence-corrected chi connectivity index (χ0v) is 13.6. The molecule has 0 saturated carbocycles. The number of carboxylic acids is 1. The first kappa shape index (κ1) is 14.1. The van der Waals surface area contributed by atoms with Crippen LogP contribution in [-0.2, 0) is 15.3 Å². The van der Waals surface area contributed by atoms with Crippen molar-refractivity contribution in [1.82, 2.24) is 4.98 Å². The van der Waals surface area contributed by atoms with Crippen molar-refractivity contribution in [3.63, 3.8) is 0 Å². The Balaban J connectivity index is 1.98. The fourth-order valence-corrected chi connectivity index (χ4v) is 3.94. The minimum absolute atomic E-state index is 0.0105. The average molecular weight is 384 g/mol. The predicted octanol–water partition coefficient (Wildman–Crippen LogP) is 2.86. The lowest BCUT2D eigenvalue weighted by Gasteiger charge is -2.24. The highest BCUT2D eigenvalue weighted by Crippen LogP contribution is 2.47. The summed E-state index contributed by atoms with van der Waals surface area (Å²) >= 11 is 4.49. The molecule has 0 atom stereocenters. The number of halogens is 1. The van der Waals surface area contributed by atoms with Crippen LogP contribution in [0.15, 0.2) is 22.7 Å². The van der Waals surface area contributed by atoms with E-state index in [9.17, 15) is 9.90 Å². The Labute approximate surface area is 137 Å². The number of aromatic nitrogens is 1. The van der Waals surface area contributed by atoms with Crippen LogP contribution in [0.2, 0.25) is 0 Å². The second-order valence-corrected chi connectivity index (χ2v) is 6.80. The lowest BCUT2D eigenvalue weighted by molar-refractivity contribution is -0.182. The Morgan fingerprint density at radius 1 is 1.36 bits per heavy atom. The zero-order valence-electron chi connectivity index (χ0n) is 11.2. The molecule has 6 nitrogen and oxygen atoms in total. The molecule has 1 N–H and O–H groups in total. The molecule has 0 bridgehead atoms. The van der Waals surface area contributed by atoms with Crippen LogP contribution in [0.5, 0.6) is 5.75 Å². The van der Waals surface area contributed by atoms with Crippen molar-refractivity contribution in [2.45, 2.75) is 5.79 Å². The molecule has 0 aliphatic carbocycles. The van der Waals surface area contributed by atoms with Gasteiger partial charge in [-0.3, -0.25) is 0 Å². The van der Waals surface area contributed by atoms with Crippen molar-refractivity contribution in [2.75, 3.05) is 19.8 Å². The minimum atomic E-state index is -1.08. The molecule has 2 aromatic rings. The Morgan fingerprint density at radius 2 is 2.14 bits per heavy atom. The van der Waals surface area contributed by atoms with Gasteiger partial charge in [-0.25, -0.2) is 9.78 Å². The van der Waals surface area contributed by atoms with Crippen LogP contribution >= 0.6 is 27.3 Å². The average Bonchev–Trinajstić information content (AvgIpc) is 3.11. The first-order valence-electron chi connectivity index (χ1n) is 6.54. The highest BCUT2D eigenvalue weighted by Gasteiger charge is 2.46. The summed E-state index contributed by atoms with van der Waals surface area (Å²) in [4.78, 5) is 16.2. The molecule has 1 aromatic carbocycles. The van der Waals surface area contributed by atoms with Crippen molar-refractivity contribution in [1.29, 1.82) is 0 Å². The summed E-state index contributed by atoms with van der Waals surface area (Å²) in [5, 5.41) is 9.27. The molecular weight excluding hydrogens is 374 g/mol. The standard InChI is InChI=1S/C14H10BrNO5S/c15-7-1-2-9-8(5-7)10-11(22-12(16-10)13(17)18)14(6-19-9)20-3-4-21-14/h1-2,5H,3-4,6H2,(H,17,18). The number of ether oxygens (including phenoxy) is 3. The van der Waals surface area contributed by atoms with E-state index in [1.165, 1.54) is 0 Å². The number of thiazole rings is 1. The topological polar surface area (TPSA) is 77.9 Å². The third-order valence-corrected chi connectivity index (χ3v) is 5.19. The maximum Gasteiger partial charge on any atom is 0.365 e. The van der Waals surface area contributed by atoms with E-state index in [1.807, 2.05) is 18.2 Å². The van der Waals surface area contributed by atoms with Crippen LogP contribution in [0.1, 0.15) is 14.7 Å². The van der Waals surface area contributed by atoms with E-state index >= 15 is 0 Å². The summed E-state index contributed by atoms with van der Waals surface area (Å²) in [6, 6.07) is 5.53. The molecule has 0 radical (unpaired) electrons. The molecule has 114 valence electrons. The first-order valence-corrected chi connectivity index (χ1v) is 8.15. The molecule has 1 saturated heterocycles. The fourth-order valence-electron chi connectivity index (χ4n) is 2.57. The second kappa shape index (κ2) is 5.02. The minimum Gasteiger partial charge on any atom is -0.487 e. The monoisotopic (exact) mass is 383 g/mol. The number of hydrogen-bond donors (Lipinski definition) is 1. The number of carboxylic acid groups (broad SMARTS) is 1. The second-order valence-electron chi connectivity index (χ2n) is 4.88. The van der Waals surface area contributed by atoms with Crippen molar-refractivity contribution < 1.29 is 24.1 Å². The van der Waals surface area contributed by atoms with Gasteiger partial charge in [0.25, 0.3) is 0 Å². The molecule has 1 fully saturated rings. The number of nitrogens with zero attached hydrogens (tertiary/aromatic N) is 1. The predicted molar refractivity (Wildman–Crippen MR) is 81.3 cm³/mol. The SMILES string of the molecule is O=C(O)c1nc2c(s1)C1(COc3ccc(Br)cc3-2)OCCO1. The van der Waals surface area contributed by atoms with Gasteiger partial charge in [0, 0.05) is 10.0 Å². The quantitative estimate of drug-likeness (QED) is 0.815.